The number of anilines is 1. The van der Waals surface area contributed by atoms with Crippen molar-refractivity contribution in [3.8, 4) is 0 Å². The van der Waals surface area contributed by atoms with Crippen LogP contribution in [-0.2, 0) is 10.8 Å². The van der Waals surface area contributed by atoms with Crippen LogP contribution in [-0.4, -0.2) is 39.4 Å². The fourth-order valence-corrected chi connectivity index (χ4v) is 2.54. The molecular formula is C12H15ClN2O4S. The van der Waals surface area contributed by atoms with Gasteiger partial charge in [-0.1, -0.05) is 11.6 Å². The first-order valence-corrected chi connectivity index (χ1v) is 7.80. The molecule has 0 aromatic heterocycles. The normalized spacial score (nSPS) is 13.3. The van der Waals surface area contributed by atoms with Crippen LogP contribution in [0, 0.1) is 0 Å². The molecule has 1 aromatic carbocycles. The summed E-state index contributed by atoms with van der Waals surface area (Å²) in [5.74, 6) is -0.831. The standard InChI is InChI=1S/C12H15ClN2O4S/c1-7(6-20(2)19)14-12(18)15-8-3-4-10(13)9(5-8)11(16)17/h3-5,7H,6H2,1-2H3,(H,16,17)(H2,14,15,18). The maximum absolute atomic E-state index is 11.7. The van der Waals surface area contributed by atoms with Crippen LogP contribution in [0.15, 0.2) is 18.2 Å². The molecule has 0 saturated heterocycles. The van der Waals surface area contributed by atoms with Crippen LogP contribution in [0.4, 0.5) is 10.5 Å². The molecule has 3 N–H and O–H groups in total. The van der Waals surface area contributed by atoms with Gasteiger partial charge >= 0.3 is 12.0 Å². The number of carbonyl (C=O) groups is 2. The summed E-state index contributed by atoms with van der Waals surface area (Å²) in [7, 11) is -1.01. The summed E-state index contributed by atoms with van der Waals surface area (Å²) in [4.78, 5) is 22.6. The molecule has 1 aromatic rings. The fourth-order valence-electron chi connectivity index (χ4n) is 1.55. The molecule has 0 heterocycles. The number of rotatable bonds is 5. The number of urea groups is 1. The highest BCUT2D eigenvalue weighted by molar-refractivity contribution is 7.84. The number of halogens is 1. The second-order valence-electron chi connectivity index (χ2n) is 4.24. The van der Waals surface area contributed by atoms with Gasteiger partial charge in [0.05, 0.1) is 10.6 Å². The van der Waals surface area contributed by atoms with Crippen LogP contribution in [0.2, 0.25) is 5.02 Å². The van der Waals surface area contributed by atoms with Crippen LogP contribution in [0.3, 0.4) is 0 Å². The Morgan fingerprint density at radius 1 is 1.45 bits per heavy atom. The predicted octanol–water partition coefficient (Wildman–Crippen LogP) is 1.93. The van der Waals surface area contributed by atoms with Gasteiger partial charge in [-0.05, 0) is 25.1 Å². The molecule has 0 aliphatic heterocycles. The zero-order valence-electron chi connectivity index (χ0n) is 11.0. The lowest BCUT2D eigenvalue weighted by Gasteiger charge is -2.13. The van der Waals surface area contributed by atoms with E-state index in [4.69, 9.17) is 16.7 Å². The van der Waals surface area contributed by atoms with Gasteiger partial charge in [0.25, 0.3) is 0 Å². The maximum atomic E-state index is 11.7. The third kappa shape index (κ3) is 5.18. The molecule has 0 aliphatic rings. The van der Waals surface area contributed by atoms with Gasteiger partial charge in [0.2, 0.25) is 0 Å². The predicted molar refractivity (Wildman–Crippen MR) is 79.0 cm³/mol. The Morgan fingerprint density at radius 3 is 2.65 bits per heavy atom. The Bertz CT molecular complexity index is 550. The summed E-state index contributed by atoms with van der Waals surface area (Å²) >= 11 is 5.73. The molecular weight excluding hydrogens is 304 g/mol. The summed E-state index contributed by atoms with van der Waals surface area (Å²) in [6.07, 6.45) is 1.55. The molecule has 0 aliphatic carbocycles. The van der Waals surface area contributed by atoms with E-state index in [2.05, 4.69) is 10.6 Å². The lowest BCUT2D eigenvalue weighted by Crippen LogP contribution is -2.39. The topological polar surface area (TPSA) is 95.5 Å². The van der Waals surface area contributed by atoms with Crippen LogP contribution < -0.4 is 10.6 Å². The van der Waals surface area contributed by atoms with Gasteiger partial charge < -0.3 is 15.7 Å². The lowest BCUT2D eigenvalue weighted by atomic mass is 10.2. The molecule has 2 unspecified atom stereocenters. The second kappa shape index (κ2) is 7.25. The molecule has 0 fully saturated rings. The van der Waals surface area contributed by atoms with E-state index in [1.807, 2.05) is 0 Å². The zero-order valence-corrected chi connectivity index (χ0v) is 12.5. The summed E-state index contributed by atoms with van der Waals surface area (Å²) in [5, 5.41) is 14.1. The summed E-state index contributed by atoms with van der Waals surface area (Å²) in [6.45, 7) is 1.73. The highest BCUT2D eigenvalue weighted by Gasteiger charge is 2.12. The molecule has 0 bridgehead atoms. The van der Waals surface area contributed by atoms with Crippen molar-refractivity contribution in [3.63, 3.8) is 0 Å². The average molecular weight is 319 g/mol. The number of hydrogen-bond acceptors (Lipinski definition) is 3. The number of nitrogens with one attached hydrogen (secondary N) is 2. The molecule has 8 heteroatoms. The van der Waals surface area contributed by atoms with Crippen LogP contribution in [0.5, 0.6) is 0 Å². The van der Waals surface area contributed by atoms with E-state index in [9.17, 15) is 13.8 Å². The van der Waals surface area contributed by atoms with Gasteiger partial charge in [-0.15, -0.1) is 0 Å². The number of benzene rings is 1. The summed E-state index contributed by atoms with van der Waals surface area (Å²) in [6, 6.07) is 3.41. The number of aromatic carboxylic acids is 1. The first kappa shape index (κ1) is 16.5. The third-order valence-corrected chi connectivity index (χ3v) is 3.62. The monoisotopic (exact) mass is 318 g/mol. The minimum absolute atomic E-state index is 0.0906. The van der Waals surface area contributed by atoms with Gasteiger partial charge in [0, 0.05) is 34.5 Å². The number of amides is 2. The van der Waals surface area contributed by atoms with Crippen molar-refractivity contribution in [2.75, 3.05) is 17.3 Å². The van der Waals surface area contributed by atoms with Crippen molar-refractivity contribution in [1.82, 2.24) is 5.32 Å². The van der Waals surface area contributed by atoms with E-state index in [1.54, 1.807) is 13.2 Å². The molecule has 110 valence electrons. The highest BCUT2D eigenvalue weighted by atomic mass is 35.5. The lowest BCUT2D eigenvalue weighted by molar-refractivity contribution is 0.0697. The molecule has 6 nitrogen and oxygen atoms in total. The Hall–Kier alpha value is -1.60. The minimum atomic E-state index is -1.17. The Kier molecular flexibility index (Phi) is 5.97. The largest absolute Gasteiger partial charge is 0.478 e. The number of carbonyl (C=O) groups excluding carboxylic acids is 1. The van der Waals surface area contributed by atoms with Gasteiger partial charge in [-0.2, -0.15) is 0 Å². The SMILES string of the molecule is CC(CS(C)=O)NC(=O)Nc1ccc(Cl)c(C(=O)O)c1. The van der Waals surface area contributed by atoms with E-state index in [0.717, 1.165) is 0 Å². The van der Waals surface area contributed by atoms with E-state index in [-0.39, 0.29) is 16.6 Å². The van der Waals surface area contributed by atoms with Crippen LogP contribution >= 0.6 is 11.6 Å². The van der Waals surface area contributed by atoms with Gasteiger partial charge in [0.1, 0.15) is 0 Å². The van der Waals surface area contributed by atoms with Gasteiger partial charge in [0.15, 0.2) is 0 Å². The molecule has 2 atom stereocenters. The van der Waals surface area contributed by atoms with Crippen molar-refractivity contribution in [3.05, 3.63) is 28.8 Å². The molecule has 1 rings (SSSR count). The third-order valence-electron chi connectivity index (χ3n) is 2.32. The molecule has 0 radical (unpaired) electrons. The Labute approximate surface area is 124 Å². The smallest absolute Gasteiger partial charge is 0.337 e. The molecule has 0 spiro atoms. The van der Waals surface area contributed by atoms with Crippen molar-refractivity contribution >= 4 is 40.1 Å². The van der Waals surface area contributed by atoms with E-state index < -0.39 is 22.8 Å². The highest BCUT2D eigenvalue weighted by Crippen LogP contribution is 2.20. The molecule has 20 heavy (non-hydrogen) atoms. The van der Waals surface area contributed by atoms with Gasteiger partial charge in [-0.3, -0.25) is 4.21 Å². The Balaban J connectivity index is 2.69. The molecule has 2 amide bonds. The first-order chi connectivity index (χ1) is 9.29. The van der Waals surface area contributed by atoms with E-state index in [0.29, 0.717) is 11.4 Å². The number of hydrogen-bond donors (Lipinski definition) is 3. The van der Waals surface area contributed by atoms with Crippen molar-refractivity contribution < 1.29 is 18.9 Å². The van der Waals surface area contributed by atoms with Crippen LogP contribution in [0.1, 0.15) is 17.3 Å². The number of carboxylic acids is 1. The summed E-state index contributed by atoms with van der Waals surface area (Å²) in [5.41, 5.74) is 0.223. The van der Waals surface area contributed by atoms with E-state index in [1.165, 1.54) is 18.2 Å². The minimum Gasteiger partial charge on any atom is -0.478 e. The van der Waals surface area contributed by atoms with Crippen LogP contribution in [0.25, 0.3) is 0 Å². The average Bonchev–Trinajstić information content (AvgIpc) is 2.29. The second-order valence-corrected chi connectivity index (χ2v) is 6.13. The zero-order chi connectivity index (χ0) is 15.3. The number of carboxylic acid groups (broad SMARTS) is 1. The molecule has 0 saturated carbocycles. The quantitative estimate of drug-likeness (QED) is 0.773. The Morgan fingerprint density at radius 2 is 2.10 bits per heavy atom. The fraction of sp³-hybridized carbons (Fsp3) is 0.333. The van der Waals surface area contributed by atoms with Crippen molar-refractivity contribution in [1.29, 1.82) is 0 Å². The van der Waals surface area contributed by atoms with Gasteiger partial charge in [-0.25, -0.2) is 9.59 Å². The van der Waals surface area contributed by atoms with E-state index >= 15 is 0 Å². The van der Waals surface area contributed by atoms with Crippen molar-refractivity contribution in [2.24, 2.45) is 0 Å². The maximum Gasteiger partial charge on any atom is 0.337 e. The summed E-state index contributed by atoms with van der Waals surface area (Å²) < 4.78 is 11.0. The van der Waals surface area contributed by atoms with Crippen molar-refractivity contribution in [2.45, 2.75) is 13.0 Å². The first-order valence-electron chi connectivity index (χ1n) is 5.70.